The number of amides is 2. The van der Waals surface area contributed by atoms with Crippen molar-refractivity contribution in [2.24, 2.45) is 5.92 Å². The summed E-state index contributed by atoms with van der Waals surface area (Å²) < 4.78 is 10.3. The monoisotopic (exact) mass is 434 g/mol. The fraction of sp³-hybridized carbons (Fsp3) is 0.524. The molecule has 2 heterocycles. The van der Waals surface area contributed by atoms with E-state index in [9.17, 15) is 19.2 Å². The molecule has 0 spiro atoms. The summed E-state index contributed by atoms with van der Waals surface area (Å²) >= 11 is 1.31. The number of ether oxygens (including phenoxy) is 2. The minimum Gasteiger partial charge on any atom is -0.466 e. The standard InChI is InChI=1S/C21H26N2O6S/c1-3-28-21(27)14-8-10-23(11-9-14)20(26)13(2)29-18(24)12-17-19(25)22-15-6-4-5-7-16(15)30-17/h4-7,13-14,17H,3,8-12H2,1-2H3,(H,22,25)/t13-,17-/m0/s1. The Morgan fingerprint density at radius 1 is 1.23 bits per heavy atom. The van der Waals surface area contributed by atoms with Crippen LogP contribution in [0.3, 0.4) is 0 Å². The predicted octanol–water partition coefficient (Wildman–Crippen LogP) is 2.22. The van der Waals surface area contributed by atoms with E-state index < -0.39 is 17.3 Å². The van der Waals surface area contributed by atoms with Crippen molar-refractivity contribution < 1.29 is 28.7 Å². The van der Waals surface area contributed by atoms with E-state index in [4.69, 9.17) is 9.47 Å². The molecule has 2 atom stereocenters. The molecule has 2 aliphatic heterocycles. The van der Waals surface area contributed by atoms with Crippen LogP contribution in [-0.4, -0.2) is 59.7 Å². The molecule has 0 aromatic heterocycles. The van der Waals surface area contributed by atoms with Crippen molar-refractivity contribution in [2.45, 2.75) is 49.4 Å². The van der Waals surface area contributed by atoms with E-state index in [1.807, 2.05) is 18.2 Å². The molecule has 0 aliphatic carbocycles. The van der Waals surface area contributed by atoms with E-state index in [0.717, 1.165) is 10.6 Å². The van der Waals surface area contributed by atoms with Gasteiger partial charge in [-0.05, 0) is 38.8 Å². The summed E-state index contributed by atoms with van der Waals surface area (Å²) in [6, 6.07) is 7.38. The Hall–Kier alpha value is -2.55. The summed E-state index contributed by atoms with van der Waals surface area (Å²) in [4.78, 5) is 51.5. The number of thioether (sulfide) groups is 1. The lowest BCUT2D eigenvalue weighted by atomic mass is 9.97. The van der Waals surface area contributed by atoms with Gasteiger partial charge in [0.15, 0.2) is 6.10 Å². The average Bonchev–Trinajstić information content (AvgIpc) is 2.74. The normalized spacial score (nSPS) is 20.0. The fourth-order valence-corrected chi connectivity index (χ4v) is 4.62. The van der Waals surface area contributed by atoms with Gasteiger partial charge in [0.2, 0.25) is 5.91 Å². The first-order valence-corrected chi connectivity index (χ1v) is 11.0. The third-order valence-electron chi connectivity index (χ3n) is 5.14. The van der Waals surface area contributed by atoms with Crippen molar-refractivity contribution in [3.63, 3.8) is 0 Å². The van der Waals surface area contributed by atoms with Crippen LogP contribution in [0.2, 0.25) is 0 Å². The quantitative estimate of drug-likeness (QED) is 0.685. The Labute approximate surface area is 179 Å². The maximum Gasteiger partial charge on any atom is 0.309 e. The van der Waals surface area contributed by atoms with Crippen LogP contribution in [0.15, 0.2) is 29.2 Å². The molecule has 9 heteroatoms. The highest BCUT2D eigenvalue weighted by Crippen LogP contribution is 2.36. The van der Waals surface area contributed by atoms with Gasteiger partial charge < -0.3 is 19.7 Å². The van der Waals surface area contributed by atoms with Gasteiger partial charge in [-0.1, -0.05) is 12.1 Å². The van der Waals surface area contributed by atoms with Crippen molar-refractivity contribution in [3.05, 3.63) is 24.3 Å². The minimum absolute atomic E-state index is 0.118. The maximum atomic E-state index is 12.6. The Morgan fingerprint density at radius 2 is 1.93 bits per heavy atom. The maximum absolute atomic E-state index is 12.6. The first-order valence-electron chi connectivity index (χ1n) is 10.1. The van der Waals surface area contributed by atoms with Gasteiger partial charge in [0, 0.05) is 18.0 Å². The van der Waals surface area contributed by atoms with Crippen LogP contribution in [0.25, 0.3) is 0 Å². The van der Waals surface area contributed by atoms with E-state index in [2.05, 4.69) is 5.32 Å². The van der Waals surface area contributed by atoms with E-state index >= 15 is 0 Å². The summed E-state index contributed by atoms with van der Waals surface area (Å²) in [5, 5.41) is 2.18. The number of hydrogen-bond acceptors (Lipinski definition) is 7. The Morgan fingerprint density at radius 3 is 2.63 bits per heavy atom. The first-order chi connectivity index (χ1) is 14.4. The first kappa shape index (κ1) is 22.1. The van der Waals surface area contributed by atoms with Gasteiger partial charge in [0.1, 0.15) is 0 Å². The van der Waals surface area contributed by atoms with Crippen molar-refractivity contribution in [1.29, 1.82) is 0 Å². The second-order valence-corrected chi connectivity index (χ2v) is 8.52. The van der Waals surface area contributed by atoms with Gasteiger partial charge in [-0.3, -0.25) is 19.2 Å². The van der Waals surface area contributed by atoms with E-state index in [1.165, 1.54) is 18.7 Å². The second kappa shape index (κ2) is 9.97. The molecule has 2 amide bonds. The molecule has 3 rings (SSSR count). The number of benzene rings is 1. The van der Waals surface area contributed by atoms with Gasteiger partial charge >= 0.3 is 11.9 Å². The number of hydrogen-bond donors (Lipinski definition) is 1. The number of nitrogens with zero attached hydrogens (tertiary/aromatic N) is 1. The van der Waals surface area contributed by atoms with Gasteiger partial charge in [0.05, 0.1) is 29.9 Å². The van der Waals surface area contributed by atoms with Crippen LogP contribution in [0, 0.1) is 5.92 Å². The van der Waals surface area contributed by atoms with Crippen LogP contribution in [0.4, 0.5) is 5.69 Å². The molecular weight excluding hydrogens is 408 g/mol. The number of fused-ring (bicyclic) bond motifs is 1. The molecule has 1 aromatic carbocycles. The molecular formula is C21H26N2O6S. The molecule has 0 unspecified atom stereocenters. The number of esters is 2. The van der Waals surface area contributed by atoms with Gasteiger partial charge in [-0.25, -0.2) is 0 Å². The van der Waals surface area contributed by atoms with E-state index in [-0.39, 0.29) is 30.1 Å². The number of rotatable bonds is 6. The average molecular weight is 435 g/mol. The number of nitrogens with one attached hydrogen (secondary N) is 1. The summed E-state index contributed by atoms with van der Waals surface area (Å²) in [5.74, 6) is -1.57. The molecule has 1 aromatic rings. The molecule has 0 bridgehead atoms. The Balaban J connectivity index is 1.47. The highest BCUT2D eigenvalue weighted by molar-refractivity contribution is 8.01. The summed E-state index contributed by atoms with van der Waals surface area (Å²) in [7, 11) is 0. The third kappa shape index (κ3) is 5.33. The van der Waals surface area contributed by atoms with E-state index in [1.54, 1.807) is 17.9 Å². The van der Waals surface area contributed by atoms with Crippen molar-refractivity contribution in [2.75, 3.05) is 25.0 Å². The predicted molar refractivity (Wildman–Crippen MR) is 111 cm³/mol. The number of anilines is 1. The second-order valence-electron chi connectivity index (χ2n) is 7.28. The summed E-state index contributed by atoms with van der Waals surface area (Å²) in [5.41, 5.74) is 0.729. The molecule has 1 saturated heterocycles. The highest BCUT2D eigenvalue weighted by Gasteiger charge is 2.33. The molecule has 1 N–H and O–H groups in total. The molecule has 30 heavy (non-hydrogen) atoms. The number of para-hydroxylation sites is 1. The third-order valence-corrected chi connectivity index (χ3v) is 6.42. The topological polar surface area (TPSA) is 102 Å². The highest BCUT2D eigenvalue weighted by atomic mass is 32.2. The van der Waals surface area contributed by atoms with Crippen LogP contribution >= 0.6 is 11.8 Å². The number of carbonyl (C=O) groups is 4. The molecule has 1 fully saturated rings. The molecule has 8 nitrogen and oxygen atoms in total. The Kier molecular flexibility index (Phi) is 7.36. The zero-order valence-electron chi connectivity index (χ0n) is 17.1. The smallest absolute Gasteiger partial charge is 0.309 e. The summed E-state index contributed by atoms with van der Waals surface area (Å²) in [6.07, 6.45) is 0.000990. The number of piperidine rings is 1. The SMILES string of the molecule is CCOC(=O)C1CCN(C(=O)[C@H](C)OC(=O)C[C@@H]2Sc3ccccc3NC2=O)CC1. The molecule has 0 radical (unpaired) electrons. The molecule has 2 aliphatic rings. The lowest BCUT2D eigenvalue weighted by Crippen LogP contribution is -2.45. The van der Waals surface area contributed by atoms with Crippen LogP contribution in [-0.2, 0) is 28.7 Å². The van der Waals surface area contributed by atoms with Gasteiger partial charge in [0.25, 0.3) is 5.91 Å². The van der Waals surface area contributed by atoms with Gasteiger partial charge in [-0.15, -0.1) is 11.8 Å². The number of likely N-dealkylation sites (tertiary alicyclic amines) is 1. The summed E-state index contributed by atoms with van der Waals surface area (Å²) in [6.45, 7) is 4.47. The van der Waals surface area contributed by atoms with Crippen LogP contribution in [0.5, 0.6) is 0 Å². The fourth-order valence-electron chi connectivity index (χ4n) is 3.53. The largest absolute Gasteiger partial charge is 0.466 e. The van der Waals surface area contributed by atoms with Crippen LogP contribution in [0.1, 0.15) is 33.1 Å². The zero-order chi connectivity index (χ0) is 21.7. The van der Waals surface area contributed by atoms with Gasteiger partial charge in [-0.2, -0.15) is 0 Å². The van der Waals surface area contributed by atoms with Crippen LogP contribution < -0.4 is 5.32 Å². The zero-order valence-corrected chi connectivity index (χ0v) is 17.9. The minimum atomic E-state index is -0.944. The van der Waals surface area contributed by atoms with E-state index in [0.29, 0.717) is 32.5 Å². The molecule has 162 valence electrons. The molecule has 0 saturated carbocycles. The van der Waals surface area contributed by atoms with Crippen molar-refractivity contribution >= 4 is 41.2 Å². The lowest BCUT2D eigenvalue weighted by molar-refractivity contribution is -0.161. The lowest BCUT2D eigenvalue weighted by Gasteiger charge is -2.32. The van der Waals surface area contributed by atoms with Crippen molar-refractivity contribution in [3.8, 4) is 0 Å². The Bertz CT molecular complexity index is 821. The van der Waals surface area contributed by atoms with Crippen molar-refractivity contribution in [1.82, 2.24) is 4.90 Å². The number of carbonyl (C=O) groups excluding carboxylic acids is 4.